The van der Waals surface area contributed by atoms with Crippen LogP contribution in [0.15, 0.2) is 39.9 Å². The van der Waals surface area contributed by atoms with Crippen molar-refractivity contribution in [2.75, 3.05) is 0 Å². The molecule has 5 heteroatoms. The smallest absolute Gasteiger partial charge is 0.280 e. The summed E-state index contributed by atoms with van der Waals surface area (Å²) in [5, 5.41) is 3.64. The van der Waals surface area contributed by atoms with Gasteiger partial charge in [-0.1, -0.05) is 25.1 Å². The fourth-order valence-electron chi connectivity index (χ4n) is 2.90. The van der Waals surface area contributed by atoms with Crippen molar-refractivity contribution in [2.24, 2.45) is 0 Å². The molecule has 5 nitrogen and oxygen atoms in total. The average Bonchev–Trinajstić information content (AvgIpc) is 2.81. The zero-order chi connectivity index (χ0) is 15.9. The van der Waals surface area contributed by atoms with Crippen LogP contribution >= 0.6 is 0 Å². The van der Waals surface area contributed by atoms with Crippen molar-refractivity contribution < 1.29 is 0 Å². The van der Waals surface area contributed by atoms with Crippen LogP contribution < -0.4 is 11.1 Å². The van der Waals surface area contributed by atoms with Crippen molar-refractivity contribution >= 4 is 10.9 Å². The van der Waals surface area contributed by atoms with E-state index in [2.05, 4.69) is 5.10 Å². The molecule has 0 aliphatic rings. The molecule has 3 rings (SSSR count). The summed E-state index contributed by atoms with van der Waals surface area (Å²) in [6.45, 7) is 6.42. The van der Waals surface area contributed by atoms with E-state index in [0.717, 1.165) is 23.4 Å². The third-order valence-corrected chi connectivity index (χ3v) is 4.02. The molecule has 0 aliphatic heterocycles. The van der Waals surface area contributed by atoms with Gasteiger partial charge < -0.3 is 4.57 Å². The third kappa shape index (κ3) is 2.09. The van der Waals surface area contributed by atoms with Crippen LogP contribution in [0.1, 0.15) is 24.6 Å². The normalized spacial score (nSPS) is 11.2. The molecule has 114 valence electrons. The van der Waals surface area contributed by atoms with Gasteiger partial charge in [0.05, 0.1) is 16.6 Å². The summed E-state index contributed by atoms with van der Waals surface area (Å²) < 4.78 is 3.18. The van der Waals surface area contributed by atoms with Crippen LogP contribution in [0, 0.1) is 13.8 Å². The fraction of sp³-hybridized carbons (Fsp3) is 0.294. The maximum Gasteiger partial charge on any atom is 0.280 e. The zero-order valence-corrected chi connectivity index (χ0v) is 13.0. The predicted octanol–water partition coefficient (Wildman–Crippen LogP) is 2.51. The van der Waals surface area contributed by atoms with Crippen molar-refractivity contribution in [1.82, 2.24) is 14.3 Å². The van der Waals surface area contributed by atoms with Gasteiger partial charge in [-0.15, -0.1) is 0 Å². The number of nitrogens with zero attached hydrogens (tertiary/aromatic N) is 2. The minimum atomic E-state index is -0.119. The molecule has 0 fully saturated rings. The van der Waals surface area contributed by atoms with Gasteiger partial charge in [0.2, 0.25) is 0 Å². The van der Waals surface area contributed by atoms with E-state index in [1.165, 1.54) is 10.7 Å². The quantitative estimate of drug-likeness (QED) is 0.807. The topological polar surface area (TPSA) is 59.8 Å². The molecule has 0 amide bonds. The molecule has 0 atom stereocenters. The van der Waals surface area contributed by atoms with Crippen molar-refractivity contribution in [1.29, 1.82) is 0 Å². The first kappa shape index (κ1) is 14.4. The molecule has 3 aromatic rings. The van der Waals surface area contributed by atoms with Gasteiger partial charge in [0, 0.05) is 18.3 Å². The number of hydrogen-bond donors (Lipinski definition) is 1. The number of rotatable bonds is 3. The Bertz CT molecular complexity index is 960. The number of pyridine rings is 1. The van der Waals surface area contributed by atoms with Crippen LogP contribution in [-0.2, 0) is 6.54 Å². The van der Waals surface area contributed by atoms with Crippen LogP contribution in [-0.4, -0.2) is 14.3 Å². The first-order valence-electron chi connectivity index (χ1n) is 7.45. The van der Waals surface area contributed by atoms with E-state index in [0.29, 0.717) is 17.4 Å². The second kappa shape index (κ2) is 5.33. The lowest BCUT2D eigenvalue weighted by Crippen LogP contribution is -2.23. The Labute approximate surface area is 127 Å². The lowest BCUT2D eigenvalue weighted by atomic mass is 10.2. The van der Waals surface area contributed by atoms with Crippen molar-refractivity contribution in [3.8, 4) is 5.69 Å². The number of aromatic nitrogens is 3. The highest BCUT2D eigenvalue weighted by molar-refractivity contribution is 5.80. The van der Waals surface area contributed by atoms with Gasteiger partial charge in [-0.2, -0.15) is 0 Å². The van der Waals surface area contributed by atoms with Gasteiger partial charge in [0.25, 0.3) is 11.1 Å². The minimum Gasteiger partial charge on any atom is -0.312 e. The summed E-state index contributed by atoms with van der Waals surface area (Å²) in [4.78, 5) is 25.0. The summed E-state index contributed by atoms with van der Waals surface area (Å²) in [6.07, 6.45) is 0.850. The van der Waals surface area contributed by atoms with Gasteiger partial charge in [-0.3, -0.25) is 14.7 Å². The lowest BCUT2D eigenvalue weighted by Gasteiger charge is -2.07. The first-order valence-corrected chi connectivity index (χ1v) is 7.45. The molecule has 1 aromatic carbocycles. The monoisotopic (exact) mass is 297 g/mol. The molecule has 2 aromatic heterocycles. The molecular formula is C17H19N3O2. The average molecular weight is 297 g/mol. The maximum absolute atomic E-state index is 12.8. The first-order chi connectivity index (χ1) is 10.5. The van der Waals surface area contributed by atoms with Gasteiger partial charge in [-0.05, 0) is 31.9 Å². The van der Waals surface area contributed by atoms with E-state index in [1.54, 1.807) is 4.57 Å². The van der Waals surface area contributed by atoms with Gasteiger partial charge in [0.15, 0.2) is 0 Å². The minimum absolute atomic E-state index is 0.0787. The van der Waals surface area contributed by atoms with E-state index in [4.69, 9.17) is 0 Å². The molecule has 0 bridgehead atoms. The van der Waals surface area contributed by atoms with Gasteiger partial charge in [0.1, 0.15) is 0 Å². The number of para-hydroxylation sites is 1. The number of aromatic amines is 1. The van der Waals surface area contributed by atoms with Gasteiger partial charge in [-0.25, -0.2) is 4.68 Å². The number of aryl methyl sites for hydroxylation is 2. The zero-order valence-electron chi connectivity index (χ0n) is 13.0. The second-order valence-corrected chi connectivity index (χ2v) is 5.55. The lowest BCUT2D eigenvalue weighted by molar-refractivity contribution is 0.640. The molecule has 2 heterocycles. The predicted molar refractivity (Wildman–Crippen MR) is 87.9 cm³/mol. The highest BCUT2D eigenvalue weighted by atomic mass is 16.1. The van der Waals surface area contributed by atoms with Crippen molar-refractivity contribution in [3.05, 3.63) is 62.3 Å². The fourth-order valence-corrected chi connectivity index (χ4v) is 2.90. The Balaban J connectivity index is 2.36. The Morgan fingerprint density at radius 2 is 1.86 bits per heavy atom. The standard InChI is InChI=1S/C17H19N3O2/c1-4-9-19-12(3)16-13(10-15(19)21)18-20(17(16)22)14-8-6-5-7-11(14)2/h5-8,10,18H,4,9H2,1-3H3. The van der Waals surface area contributed by atoms with Crippen LogP contribution in [0.3, 0.4) is 0 Å². The van der Waals surface area contributed by atoms with Gasteiger partial charge >= 0.3 is 0 Å². The van der Waals surface area contributed by atoms with Crippen LogP contribution in [0.4, 0.5) is 0 Å². The largest absolute Gasteiger partial charge is 0.312 e. The molecule has 0 saturated carbocycles. The highest BCUT2D eigenvalue weighted by Gasteiger charge is 2.15. The summed E-state index contributed by atoms with van der Waals surface area (Å²) in [5.41, 5.74) is 2.91. The summed E-state index contributed by atoms with van der Waals surface area (Å²) in [6, 6.07) is 9.18. The number of benzene rings is 1. The Hall–Kier alpha value is -2.56. The van der Waals surface area contributed by atoms with E-state index in [9.17, 15) is 9.59 Å². The molecule has 0 saturated heterocycles. The van der Waals surface area contributed by atoms with E-state index in [1.807, 2.05) is 45.0 Å². The molecule has 1 N–H and O–H groups in total. The second-order valence-electron chi connectivity index (χ2n) is 5.55. The number of H-pyrrole nitrogens is 1. The molecular weight excluding hydrogens is 278 g/mol. The Kier molecular flexibility index (Phi) is 3.48. The molecule has 0 spiro atoms. The summed E-state index contributed by atoms with van der Waals surface area (Å²) >= 11 is 0. The maximum atomic E-state index is 12.8. The molecule has 0 radical (unpaired) electrons. The third-order valence-electron chi connectivity index (χ3n) is 4.02. The van der Waals surface area contributed by atoms with E-state index < -0.39 is 0 Å². The van der Waals surface area contributed by atoms with Crippen molar-refractivity contribution in [2.45, 2.75) is 33.7 Å². The van der Waals surface area contributed by atoms with E-state index in [-0.39, 0.29) is 11.1 Å². The van der Waals surface area contributed by atoms with Crippen molar-refractivity contribution in [3.63, 3.8) is 0 Å². The number of nitrogens with one attached hydrogen (secondary N) is 1. The highest BCUT2D eigenvalue weighted by Crippen LogP contribution is 2.15. The van der Waals surface area contributed by atoms with Crippen LogP contribution in [0.2, 0.25) is 0 Å². The Morgan fingerprint density at radius 3 is 2.55 bits per heavy atom. The Morgan fingerprint density at radius 1 is 1.14 bits per heavy atom. The summed E-state index contributed by atoms with van der Waals surface area (Å²) in [7, 11) is 0. The number of fused-ring (bicyclic) bond motifs is 1. The molecule has 0 unspecified atom stereocenters. The van der Waals surface area contributed by atoms with Crippen LogP contribution in [0.5, 0.6) is 0 Å². The molecule has 22 heavy (non-hydrogen) atoms. The van der Waals surface area contributed by atoms with Crippen LogP contribution in [0.25, 0.3) is 16.6 Å². The molecule has 0 aliphatic carbocycles. The number of hydrogen-bond acceptors (Lipinski definition) is 2. The van der Waals surface area contributed by atoms with E-state index >= 15 is 0 Å². The summed E-state index contributed by atoms with van der Waals surface area (Å²) in [5.74, 6) is 0. The SMILES string of the molecule is CCCn1c(C)c2c(=O)n(-c3ccccc3C)[nH]c2cc1=O.